The molecule has 7 heteroatoms. The highest BCUT2D eigenvalue weighted by Gasteiger charge is 2.16. The number of likely N-dealkylation sites (N-methyl/N-ethyl adjacent to an activating group) is 1. The number of fused-ring (bicyclic) bond motifs is 1. The van der Waals surface area contributed by atoms with Crippen molar-refractivity contribution in [2.45, 2.75) is 13.1 Å². The van der Waals surface area contributed by atoms with E-state index in [-0.39, 0.29) is 18.1 Å². The lowest BCUT2D eigenvalue weighted by Crippen LogP contribution is -2.32. The highest BCUT2D eigenvalue weighted by molar-refractivity contribution is 5.78. The minimum Gasteiger partial charge on any atom is -0.383 e. The molecule has 0 bridgehead atoms. The second-order valence-corrected chi connectivity index (χ2v) is 4.65. The van der Waals surface area contributed by atoms with Crippen molar-refractivity contribution >= 4 is 17.1 Å². The first-order valence-corrected chi connectivity index (χ1v) is 6.29. The van der Waals surface area contributed by atoms with Crippen molar-refractivity contribution in [3.8, 4) is 0 Å². The standard InChI is InChI=1S/C13H18N4O3/c1-15(2)11(18)9-17-10-5-4-6-14-12(10)16(13(17)19)7-8-20-3/h4-6H,7-9H2,1-3H3. The molecule has 0 aliphatic rings. The molecule has 2 aromatic rings. The minimum atomic E-state index is -0.244. The Morgan fingerprint density at radius 3 is 2.80 bits per heavy atom. The third-order valence-corrected chi connectivity index (χ3v) is 3.09. The van der Waals surface area contributed by atoms with Gasteiger partial charge >= 0.3 is 5.69 Å². The predicted octanol–water partition coefficient (Wildman–Crippen LogP) is -0.0674. The zero-order valence-electron chi connectivity index (χ0n) is 11.9. The number of carbonyl (C=O) groups excluding carboxylic acids is 1. The monoisotopic (exact) mass is 278 g/mol. The fourth-order valence-electron chi connectivity index (χ4n) is 1.96. The summed E-state index contributed by atoms with van der Waals surface area (Å²) in [6.07, 6.45) is 1.63. The SMILES string of the molecule is COCCn1c(=O)n(CC(=O)N(C)C)c2cccnc21. The van der Waals surface area contributed by atoms with Gasteiger partial charge in [-0.3, -0.25) is 13.9 Å². The van der Waals surface area contributed by atoms with Gasteiger partial charge in [0.05, 0.1) is 18.7 Å². The van der Waals surface area contributed by atoms with E-state index in [4.69, 9.17) is 4.74 Å². The molecule has 0 spiro atoms. The second-order valence-electron chi connectivity index (χ2n) is 4.65. The van der Waals surface area contributed by atoms with Crippen LogP contribution in [0.5, 0.6) is 0 Å². The van der Waals surface area contributed by atoms with Gasteiger partial charge in [-0.15, -0.1) is 0 Å². The van der Waals surface area contributed by atoms with E-state index in [9.17, 15) is 9.59 Å². The Kier molecular flexibility index (Phi) is 4.19. The molecule has 2 rings (SSSR count). The number of aromatic nitrogens is 3. The third-order valence-electron chi connectivity index (χ3n) is 3.09. The van der Waals surface area contributed by atoms with Crippen LogP contribution in [0.2, 0.25) is 0 Å². The van der Waals surface area contributed by atoms with Gasteiger partial charge in [-0.05, 0) is 12.1 Å². The Hall–Kier alpha value is -2.15. The number of hydrogen-bond acceptors (Lipinski definition) is 4. The van der Waals surface area contributed by atoms with Gasteiger partial charge in [-0.2, -0.15) is 0 Å². The van der Waals surface area contributed by atoms with Crippen molar-refractivity contribution in [1.29, 1.82) is 0 Å². The molecule has 2 aromatic heterocycles. The van der Waals surface area contributed by atoms with Crippen molar-refractivity contribution in [2.75, 3.05) is 27.8 Å². The fraction of sp³-hybridized carbons (Fsp3) is 0.462. The van der Waals surface area contributed by atoms with E-state index in [1.807, 2.05) is 0 Å². The number of rotatable bonds is 5. The molecule has 0 aliphatic carbocycles. The topological polar surface area (TPSA) is 69.4 Å². The number of hydrogen-bond donors (Lipinski definition) is 0. The molecule has 0 aromatic carbocycles. The first kappa shape index (κ1) is 14.3. The molecular weight excluding hydrogens is 260 g/mol. The van der Waals surface area contributed by atoms with Gasteiger partial charge < -0.3 is 9.64 Å². The Balaban J connectivity index is 2.51. The van der Waals surface area contributed by atoms with Crippen LogP contribution in [0, 0.1) is 0 Å². The Morgan fingerprint density at radius 2 is 2.15 bits per heavy atom. The summed E-state index contributed by atoms with van der Waals surface area (Å²) in [7, 11) is 4.90. The highest BCUT2D eigenvalue weighted by Crippen LogP contribution is 2.10. The van der Waals surface area contributed by atoms with Gasteiger partial charge in [-0.1, -0.05) is 0 Å². The van der Waals surface area contributed by atoms with E-state index in [0.29, 0.717) is 24.3 Å². The smallest absolute Gasteiger partial charge is 0.330 e. The summed E-state index contributed by atoms with van der Waals surface area (Å²) < 4.78 is 7.98. The molecule has 20 heavy (non-hydrogen) atoms. The van der Waals surface area contributed by atoms with Crippen LogP contribution in [0.25, 0.3) is 11.2 Å². The first-order valence-electron chi connectivity index (χ1n) is 6.29. The summed E-state index contributed by atoms with van der Waals surface area (Å²) >= 11 is 0. The molecule has 2 heterocycles. The molecule has 0 fully saturated rings. The van der Waals surface area contributed by atoms with Crippen LogP contribution in [0.1, 0.15) is 0 Å². The maximum atomic E-state index is 12.4. The number of methoxy groups -OCH3 is 1. The molecule has 0 saturated carbocycles. The lowest BCUT2D eigenvalue weighted by Gasteiger charge is -2.10. The van der Waals surface area contributed by atoms with Crippen molar-refractivity contribution in [2.24, 2.45) is 0 Å². The summed E-state index contributed by atoms with van der Waals surface area (Å²) in [5, 5.41) is 0. The zero-order valence-corrected chi connectivity index (χ0v) is 11.9. The normalized spacial score (nSPS) is 10.9. The van der Waals surface area contributed by atoms with Crippen LogP contribution in [0.3, 0.4) is 0 Å². The number of nitrogens with zero attached hydrogens (tertiary/aromatic N) is 4. The van der Waals surface area contributed by atoms with Gasteiger partial charge in [0.25, 0.3) is 0 Å². The first-order chi connectivity index (χ1) is 9.56. The Labute approximate surface area is 116 Å². The van der Waals surface area contributed by atoms with E-state index in [0.717, 1.165) is 0 Å². The van der Waals surface area contributed by atoms with E-state index in [1.54, 1.807) is 39.5 Å². The fourth-order valence-corrected chi connectivity index (χ4v) is 1.96. The van der Waals surface area contributed by atoms with Crippen molar-refractivity contribution in [3.05, 3.63) is 28.8 Å². The van der Waals surface area contributed by atoms with E-state index in [1.165, 1.54) is 14.0 Å². The predicted molar refractivity (Wildman–Crippen MR) is 74.6 cm³/mol. The molecule has 0 aliphatic heterocycles. The maximum Gasteiger partial charge on any atom is 0.330 e. The Bertz CT molecular complexity index is 672. The van der Waals surface area contributed by atoms with Crippen LogP contribution in [0.15, 0.2) is 23.1 Å². The largest absolute Gasteiger partial charge is 0.383 e. The summed E-state index contributed by atoms with van der Waals surface area (Å²) in [6, 6.07) is 3.54. The summed E-state index contributed by atoms with van der Waals surface area (Å²) in [6.45, 7) is 0.831. The molecular formula is C13H18N4O3. The lowest BCUT2D eigenvalue weighted by molar-refractivity contribution is -0.129. The number of carbonyl (C=O) groups is 1. The van der Waals surface area contributed by atoms with Crippen LogP contribution >= 0.6 is 0 Å². The van der Waals surface area contributed by atoms with Crippen LogP contribution in [-0.2, 0) is 22.6 Å². The van der Waals surface area contributed by atoms with Gasteiger partial charge in [0, 0.05) is 27.4 Å². The number of ether oxygens (including phenoxy) is 1. The second kappa shape index (κ2) is 5.87. The third kappa shape index (κ3) is 2.57. The van der Waals surface area contributed by atoms with Gasteiger partial charge in [0.1, 0.15) is 6.54 Å². The van der Waals surface area contributed by atoms with Crippen molar-refractivity contribution < 1.29 is 9.53 Å². The molecule has 0 unspecified atom stereocenters. The van der Waals surface area contributed by atoms with Crippen molar-refractivity contribution in [3.63, 3.8) is 0 Å². The molecule has 0 N–H and O–H groups in total. The molecule has 1 amide bonds. The van der Waals surface area contributed by atoms with Gasteiger partial charge in [0.15, 0.2) is 5.65 Å². The molecule has 108 valence electrons. The summed E-state index contributed by atoms with van der Waals surface area (Å²) in [4.78, 5) is 29.9. The molecule has 0 saturated heterocycles. The van der Waals surface area contributed by atoms with E-state index >= 15 is 0 Å². The molecule has 7 nitrogen and oxygen atoms in total. The average molecular weight is 278 g/mol. The van der Waals surface area contributed by atoms with Crippen LogP contribution in [-0.4, -0.2) is 52.7 Å². The maximum absolute atomic E-state index is 12.4. The van der Waals surface area contributed by atoms with Gasteiger partial charge in [0.2, 0.25) is 5.91 Å². The summed E-state index contributed by atoms with van der Waals surface area (Å²) in [5.41, 5.74) is 0.982. The van der Waals surface area contributed by atoms with Crippen molar-refractivity contribution in [1.82, 2.24) is 19.0 Å². The van der Waals surface area contributed by atoms with Gasteiger partial charge in [-0.25, -0.2) is 9.78 Å². The van der Waals surface area contributed by atoms with E-state index < -0.39 is 0 Å². The Morgan fingerprint density at radius 1 is 1.40 bits per heavy atom. The quantitative estimate of drug-likeness (QED) is 0.768. The van der Waals surface area contributed by atoms with E-state index in [2.05, 4.69) is 4.98 Å². The molecule has 0 radical (unpaired) electrons. The minimum absolute atomic E-state index is 0.00795. The number of pyridine rings is 1. The summed E-state index contributed by atoms with van der Waals surface area (Å²) in [5.74, 6) is -0.137. The van der Waals surface area contributed by atoms with Crippen LogP contribution in [0.4, 0.5) is 0 Å². The number of imidazole rings is 1. The lowest BCUT2D eigenvalue weighted by atomic mass is 10.4. The van der Waals surface area contributed by atoms with Crippen LogP contribution < -0.4 is 5.69 Å². The zero-order chi connectivity index (χ0) is 14.7. The highest BCUT2D eigenvalue weighted by atomic mass is 16.5. The number of amides is 1. The molecule has 0 atom stereocenters. The average Bonchev–Trinajstić information content (AvgIpc) is 2.69.